The maximum absolute atomic E-state index is 11.6. The van der Waals surface area contributed by atoms with Gasteiger partial charge in [0, 0.05) is 24.0 Å². The zero-order valence-electron chi connectivity index (χ0n) is 16.2. The summed E-state index contributed by atoms with van der Waals surface area (Å²) in [5.41, 5.74) is 0.202. The summed E-state index contributed by atoms with van der Waals surface area (Å²) in [6.07, 6.45) is 6.80. The van der Waals surface area contributed by atoms with E-state index in [-0.39, 0.29) is 34.1 Å². The first kappa shape index (κ1) is 17.7. The molecule has 4 heteroatoms. The van der Waals surface area contributed by atoms with E-state index in [1.54, 1.807) is 13.2 Å². The van der Waals surface area contributed by atoms with Crippen LogP contribution in [0.4, 0.5) is 0 Å². The summed E-state index contributed by atoms with van der Waals surface area (Å²) in [6.45, 7) is 9.11. The van der Waals surface area contributed by atoms with Gasteiger partial charge in [0.1, 0.15) is 17.5 Å². The molecule has 4 nitrogen and oxygen atoms in total. The highest BCUT2D eigenvalue weighted by molar-refractivity contribution is 5.75. The van der Waals surface area contributed by atoms with Crippen LogP contribution in [0.3, 0.4) is 0 Å². The van der Waals surface area contributed by atoms with Gasteiger partial charge in [-0.05, 0) is 49.5 Å². The van der Waals surface area contributed by atoms with Crippen LogP contribution < -0.4 is 0 Å². The van der Waals surface area contributed by atoms with E-state index in [4.69, 9.17) is 9.47 Å². The van der Waals surface area contributed by atoms with Crippen LogP contribution in [-0.2, 0) is 14.3 Å². The van der Waals surface area contributed by atoms with Crippen LogP contribution >= 0.6 is 0 Å². The number of fused-ring (bicyclic) bond motifs is 1. The van der Waals surface area contributed by atoms with Crippen molar-refractivity contribution in [2.45, 2.75) is 83.2 Å². The molecule has 3 fully saturated rings. The Labute approximate surface area is 151 Å². The van der Waals surface area contributed by atoms with E-state index in [0.29, 0.717) is 11.5 Å². The molecule has 1 N–H and O–H groups in total. The lowest BCUT2D eigenvalue weighted by Crippen LogP contribution is -2.57. The minimum atomic E-state index is -0.633. The molecule has 3 aliphatic carbocycles. The third-order valence-corrected chi connectivity index (χ3v) is 8.58. The van der Waals surface area contributed by atoms with Crippen molar-refractivity contribution in [2.75, 3.05) is 7.11 Å². The molecule has 1 aliphatic heterocycles. The van der Waals surface area contributed by atoms with Crippen molar-refractivity contribution in [2.24, 2.45) is 22.7 Å². The van der Waals surface area contributed by atoms with E-state index in [0.717, 1.165) is 32.0 Å². The Morgan fingerprint density at radius 3 is 2.52 bits per heavy atom. The molecule has 2 saturated carbocycles. The molecular formula is C21H32O4. The van der Waals surface area contributed by atoms with Gasteiger partial charge in [0.05, 0.1) is 12.2 Å². The van der Waals surface area contributed by atoms with Crippen molar-refractivity contribution >= 4 is 6.29 Å². The number of hydrogen-bond donors (Lipinski definition) is 1. The Bertz CT molecular complexity index is 627. The van der Waals surface area contributed by atoms with Gasteiger partial charge in [-0.1, -0.05) is 27.7 Å². The molecule has 0 unspecified atom stereocenters. The van der Waals surface area contributed by atoms with E-state index < -0.39 is 6.10 Å². The number of ether oxygens (including phenoxy) is 2. The summed E-state index contributed by atoms with van der Waals surface area (Å²) < 4.78 is 12.4. The molecule has 0 bridgehead atoms. The van der Waals surface area contributed by atoms with Gasteiger partial charge < -0.3 is 14.6 Å². The molecule has 25 heavy (non-hydrogen) atoms. The Morgan fingerprint density at radius 2 is 1.96 bits per heavy atom. The molecule has 0 amide bonds. The van der Waals surface area contributed by atoms with Gasteiger partial charge in [0.2, 0.25) is 0 Å². The van der Waals surface area contributed by atoms with Crippen molar-refractivity contribution in [1.29, 1.82) is 0 Å². The Balaban J connectivity index is 1.84. The Kier molecular flexibility index (Phi) is 3.66. The van der Waals surface area contributed by atoms with Crippen LogP contribution in [0.25, 0.3) is 0 Å². The maximum Gasteiger partial charge on any atom is 0.148 e. The second kappa shape index (κ2) is 5.17. The SMILES string of the molecule is CO[C@H]1C[C@H]2[C@@](C)(CC[C@@]3(C)CC[C@@]4(C(C)C)O[C@]234)[C@@H](O)C=C1C=O. The third kappa shape index (κ3) is 1.86. The molecule has 4 aliphatic rings. The molecule has 0 radical (unpaired) electrons. The molecule has 0 aromatic rings. The molecule has 0 aromatic heterocycles. The lowest BCUT2D eigenvalue weighted by Gasteiger charge is -2.54. The first-order chi connectivity index (χ1) is 11.7. The highest BCUT2D eigenvalue weighted by Crippen LogP contribution is 2.80. The topological polar surface area (TPSA) is 59.1 Å². The summed E-state index contributed by atoms with van der Waals surface area (Å²) in [5.74, 6) is 0.647. The fraction of sp³-hybridized carbons (Fsp3) is 0.857. The van der Waals surface area contributed by atoms with E-state index in [1.165, 1.54) is 6.42 Å². The highest BCUT2D eigenvalue weighted by Gasteiger charge is 2.86. The van der Waals surface area contributed by atoms with Gasteiger partial charge >= 0.3 is 0 Å². The van der Waals surface area contributed by atoms with Crippen LogP contribution in [0.5, 0.6) is 0 Å². The van der Waals surface area contributed by atoms with Gasteiger partial charge in [-0.15, -0.1) is 0 Å². The summed E-state index contributed by atoms with van der Waals surface area (Å²) in [6, 6.07) is 0. The van der Waals surface area contributed by atoms with Crippen LogP contribution in [0, 0.1) is 22.7 Å². The van der Waals surface area contributed by atoms with Crippen molar-refractivity contribution in [1.82, 2.24) is 0 Å². The molecule has 7 atom stereocenters. The van der Waals surface area contributed by atoms with Crippen molar-refractivity contribution in [3.8, 4) is 0 Å². The molecular weight excluding hydrogens is 316 g/mol. The average molecular weight is 348 g/mol. The molecule has 1 saturated heterocycles. The maximum atomic E-state index is 11.6. The zero-order valence-corrected chi connectivity index (χ0v) is 16.2. The number of aldehydes is 1. The van der Waals surface area contributed by atoms with E-state index in [2.05, 4.69) is 27.7 Å². The zero-order chi connectivity index (χ0) is 18.3. The highest BCUT2D eigenvalue weighted by atomic mass is 16.6. The second-order valence-corrected chi connectivity index (χ2v) is 9.69. The smallest absolute Gasteiger partial charge is 0.148 e. The summed E-state index contributed by atoms with van der Waals surface area (Å²) >= 11 is 0. The predicted octanol–water partition coefficient (Wildman–Crippen LogP) is 3.27. The average Bonchev–Trinajstić information content (AvgIpc) is 3.22. The van der Waals surface area contributed by atoms with Gasteiger partial charge in [0.25, 0.3) is 0 Å². The van der Waals surface area contributed by atoms with Crippen molar-refractivity contribution in [3.63, 3.8) is 0 Å². The summed E-state index contributed by atoms with van der Waals surface area (Å²) in [7, 11) is 1.66. The van der Waals surface area contributed by atoms with E-state index in [9.17, 15) is 9.90 Å². The normalized spacial score (nSPS) is 54.2. The lowest BCUT2D eigenvalue weighted by molar-refractivity contribution is -0.113. The van der Waals surface area contributed by atoms with Crippen molar-refractivity contribution < 1.29 is 19.4 Å². The number of aliphatic hydroxyl groups excluding tert-OH is 1. The number of hydrogen-bond acceptors (Lipinski definition) is 4. The molecule has 1 spiro atoms. The number of carbonyl (C=O) groups is 1. The molecule has 0 aromatic carbocycles. The molecule has 1 heterocycles. The van der Waals surface area contributed by atoms with Gasteiger partial charge in [0.15, 0.2) is 0 Å². The molecule has 140 valence electrons. The number of epoxide rings is 1. The molecule has 4 rings (SSSR count). The van der Waals surface area contributed by atoms with Gasteiger partial charge in [-0.3, -0.25) is 4.79 Å². The van der Waals surface area contributed by atoms with Gasteiger partial charge in [-0.25, -0.2) is 0 Å². The van der Waals surface area contributed by atoms with Crippen molar-refractivity contribution in [3.05, 3.63) is 11.6 Å². The predicted molar refractivity (Wildman–Crippen MR) is 95.1 cm³/mol. The van der Waals surface area contributed by atoms with E-state index >= 15 is 0 Å². The largest absolute Gasteiger partial charge is 0.388 e. The number of rotatable bonds is 3. The monoisotopic (exact) mass is 348 g/mol. The number of methoxy groups -OCH3 is 1. The fourth-order valence-corrected chi connectivity index (χ4v) is 6.86. The summed E-state index contributed by atoms with van der Waals surface area (Å²) in [4.78, 5) is 11.6. The fourth-order valence-electron chi connectivity index (χ4n) is 6.86. The summed E-state index contributed by atoms with van der Waals surface area (Å²) in [5, 5.41) is 11.1. The lowest BCUT2D eigenvalue weighted by atomic mass is 9.50. The third-order valence-electron chi connectivity index (χ3n) is 8.58. The van der Waals surface area contributed by atoms with Crippen LogP contribution in [0.2, 0.25) is 0 Å². The van der Waals surface area contributed by atoms with Crippen LogP contribution in [-0.4, -0.2) is 41.9 Å². The standard InChI is InChI=1S/C21H32O4/c1-13(2)20-9-7-18(3)6-8-19(4)16(21(18,20)25-20)11-15(24-5)14(12-22)10-17(19)23/h10,12-13,15-17,23H,6-9,11H2,1-5H3/t15-,16-,17-,18-,19+,20-,21+/m0/s1. The van der Waals surface area contributed by atoms with Crippen LogP contribution in [0.1, 0.15) is 59.8 Å². The second-order valence-electron chi connectivity index (χ2n) is 9.69. The minimum absolute atomic E-state index is 0.0716. The quantitative estimate of drug-likeness (QED) is 0.628. The Morgan fingerprint density at radius 1 is 1.28 bits per heavy atom. The van der Waals surface area contributed by atoms with Crippen LogP contribution in [0.15, 0.2) is 11.6 Å². The number of aliphatic hydroxyl groups is 1. The number of carbonyl (C=O) groups excluding carboxylic acids is 1. The first-order valence-electron chi connectivity index (χ1n) is 9.79. The van der Waals surface area contributed by atoms with E-state index in [1.807, 2.05) is 0 Å². The van der Waals surface area contributed by atoms with Gasteiger partial charge in [-0.2, -0.15) is 0 Å². The Hall–Kier alpha value is -0.710. The first-order valence-corrected chi connectivity index (χ1v) is 9.79. The minimum Gasteiger partial charge on any atom is -0.388 e.